The summed E-state index contributed by atoms with van der Waals surface area (Å²) >= 11 is 0. The van der Waals surface area contributed by atoms with Crippen LogP contribution in [0.5, 0.6) is 0 Å². The minimum Gasteiger partial charge on any atom is -0.469 e. The van der Waals surface area contributed by atoms with Crippen molar-refractivity contribution in [3.05, 3.63) is 59.0 Å². The van der Waals surface area contributed by atoms with Gasteiger partial charge in [-0.3, -0.25) is 0 Å². The molecule has 1 unspecified atom stereocenters. The van der Waals surface area contributed by atoms with Crippen molar-refractivity contribution >= 4 is 0 Å². The molecule has 0 aliphatic rings. The Labute approximate surface area is 108 Å². The molecule has 3 nitrogen and oxygen atoms in total. The van der Waals surface area contributed by atoms with Crippen LogP contribution in [0.4, 0.5) is 0 Å². The van der Waals surface area contributed by atoms with Crippen molar-refractivity contribution in [2.24, 2.45) is 0 Å². The topological polar surface area (TPSA) is 36.6 Å². The van der Waals surface area contributed by atoms with Crippen LogP contribution in [0.15, 0.2) is 41.0 Å². The van der Waals surface area contributed by atoms with E-state index in [0.717, 1.165) is 29.0 Å². The second-order valence-corrected chi connectivity index (χ2v) is 4.78. The SMILES string of the molecule is Cc1occ(C(O)c2ccccc2)c1CN(C)C. The molecular weight excluding hydrogens is 226 g/mol. The first-order chi connectivity index (χ1) is 8.59. The van der Waals surface area contributed by atoms with Gasteiger partial charge in [0.1, 0.15) is 11.9 Å². The molecule has 2 aromatic rings. The van der Waals surface area contributed by atoms with Crippen molar-refractivity contribution in [1.29, 1.82) is 0 Å². The molecule has 2 rings (SSSR count). The molecule has 3 heteroatoms. The van der Waals surface area contributed by atoms with Crippen LogP contribution in [-0.4, -0.2) is 24.1 Å². The number of aryl methyl sites for hydroxylation is 1. The molecule has 0 spiro atoms. The number of hydrogen-bond acceptors (Lipinski definition) is 3. The highest BCUT2D eigenvalue weighted by molar-refractivity contribution is 5.35. The van der Waals surface area contributed by atoms with Gasteiger partial charge in [0.25, 0.3) is 0 Å². The fourth-order valence-corrected chi connectivity index (χ4v) is 2.06. The Bertz CT molecular complexity index is 502. The van der Waals surface area contributed by atoms with Gasteiger partial charge in [0, 0.05) is 17.7 Å². The van der Waals surface area contributed by atoms with Crippen LogP contribution in [0.1, 0.15) is 28.6 Å². The predicted octanol–water partition coefficient (Wildman–Crippen LogP) is 2.73. The number of aliphatic hydroxyl groups is 1. The Morgan fingerprint density at radius 2 is 1.89 bits per heavy atom. The van der Waals surface area contributed by atoms with Crippen LogP contribution in [-0.2, 0) is 6.54 Å². The first kappa shape index (κ1) is 12.9. The van der Waals surface area contributed by atoms with E-state index in [9.17, 15) is 5.11 Å². The van der Waals surface area contributed by atoms with Crippen molar-refractivity contribution in [3.63, 3.8) is 0 Å². The van der Waals surface area contributed by atoms with Crippen molar-refractivity contribution in [2.45, 2.75) is 19.6 Å². The molecule has 0 aliphatic carbocycles. The summed E-state index contributed by atoms with van der Waals surface area (Å²) in [6.07, 6.45) is 1.03. The maximum atomic E-state index is 10.4. The van der Waals surface area contributed by atoms with Gasteiger partial charge < -0.3 is 14.4 Å². The molecular formula is C15H19NO2. The van der Waals surface area contributed by atoms with Gasteiger partial charge in [0.05, 0.1) is 6.26 Å². The normalized spacial score (nSPS) is 12.9. The molecule has 1 aromatic heterocycles. The highest BCUT2D eigenvalue weighted by Crippen LogP contribution is 2.28. The van der Waals surface area contributed by atoms with Gasteiger partial charge in [-0.1, -0.05) is 30.3 Å². The van der Waals surface area contributed by atoms with Gasteiger partial charge in [-0.2, -0.15) is 0 Å². The first-order valence-electron chi connectivity index (χ1n) is 6.04. The van der Waals surface area contributed by atoms with Crippen molar-refractivity contribution in [2.75, 3.05) is 14.1 Å². The lowest BCUT2D eigenvalue weighted by molar-refractivity contribution is 0.217. The van der Waals surface area contributed by atoms with E-state index >= 15 is 0 Å². The molecule has 1 atom stereocenters. The molecule has 0 radical (unpaired) electrons. The molecule has 0 aliphatic heterocycles. The Balaban J connectivity index is 2.33. The smallest absolute Gasteiger partial charge is 0.107 e. The summed E-state index contributed by atoms with van der Waals surface area (Å²) in [4.78, 5) is 2.07. The summed E-state index contributed by atoms with van der Waals surface area (Å²) < 4.78 is 5.45. The van der Waals surface area contributed by atoms with E-state index < -0.39 is 6.10 Å². The lowest BCUT2D eigenvalue weighted by Gasteiger charge is -2.14. The zero-order valence-corrected chi connectivity index (χ0v) is 11.1. The summed E-state index contributed by atoms with van der Waals surface area (Å²) in [5.41, 5.74) is 2.81. The molecule has 0 bridgehead atoms. The fourth-order valence-electron chi connectivity index (χ4n) is 2.06. The van der Waals surface area contributed by atoms with Crippen molar-refractivity contribution in [1.82, 2.24) is 4.90 Å². The average molecular weight is 245 g/mol. The third kappa shape index (κ3) is 2.63. The number of nitrogens with zero attached hydrogens (tertiary/aromatic N) is 1. The van der Waals surface area contributed by atoms with Crippen LogP contribution >= 0.6 is 0 Å². The van der Waals surface area contributed by atoms with Crippen LogP contribution in [0.25, 0.3) is 0 Å². The van der Waals surface area contributed by atoms with Gasteiger partial charge in [-0.25, -0.2) is 0 Å². The van der Waals surface area contributed by atoms with Gasteiger partial charge in [-0.15, -0.1) is 0 Å². The quantitative estimate of drug-likeness (QED) is 0.899. The van der Waals surface area contributed by atoms with Gasteiger partial charge >= 0.3 is 0 Å². The van der Waals surface area contributed by atoms with E-state index in [0.29, 0.717) is 0 Å². The number of furan rings is 1. The lowest BCUT2D eigenvalue weighted by Crippen LogP contribution is -2.13. The summed E-state index contributed by atoms with van der Waals surface area (Å²) in [5, 5.41) is 10.4. The minimum absolute atomic E-state index is 0.626. The Morgan fingerprint density at radius 1 is 1.22 bits per heavy atom. The molecule has 1 heterocycles. The van der Waals surface area contributed by atoms with Crippen LogP contribution in [0, 0.1) is 6.92 Å². The van der Waals surface area contributed by atoms with Crippen molar-refractivity contribution < 1.29 is 9.52 Å². The second kappa shape index (κ2) is 5.38. The number of benzene rings is 1. The van der Waals surface area contributed by atoms with Crippen LogP contribution in [0.3, 0.4) is 0 Å². The Hall–Kier alpha value is -1.58. The van der Waals surface area contributed by atoms with Gasteiger partial charge in [-0.05, 0) is 26.6 Å². The fraction of sp³-hybridized carbons (Fsp3) is 0.333. The molecule has 0 saturated carbocycles. The van der Waals surface area contributed by atoms with E-state index in [-0.39, 0.29) is 0 Å². The van der Waals surface area contributed by atoms with Crippen molar-refractivity contribution in [3.8, 4) is 0 Å². The first-order valence-corrected chi connectivity index (χ1v) is 6.04. The second-order valence-electron chi connectivity index (χ2n) is 4.78. The number of rotatable bonds is 4. The highest BCUT2D eigenvalue weighted by Gasteiger charge is 2.19. The Morgan fingerprint density at radius 3 is 2.50 bits per heavy atom. The Kier molecular flexibility index (Phi) is 3.84. The maximum Gasteiger partial charge on any atom is 0.107 e. The molecule has 0 fully saturated rings. The maximum absolute atomic E-state index is 10.4. The summed E-state index contributed by atoms with van der Waals surface area (Å²) in [6.45, 7) is 2.70. The molecule has 96 valence electrons. The molecule has 18 heavy (non-hydrogen) atoms. The summed E-state index contributed by atoms with van der Waals surface area (Å²) in [5.74, 6) is 0.869. The van der Waals surface area contributed by atoms with E-state index in [4.69, 9.17) is 4.42 Å². The molecule has 0 amide bonds. The van der Waals surface area contributed by atoms with Gasteiger partial charge in [0.2, 0.25) is 0 Å². The number of hydrogen-bond donors (Lipinski definition) is 1. The average Bonchev–Trinajstić information content (AvgIpc) is 2.71. The summed E-state index contributed by atoms with van der Waals surface area (Å²) in [7, 11) is 4.01. The van der Waals surface area contributed by atoms with Crippen LogP contribution < -0.4 is 0 Å². The molecule has 1 N–H and O–H groups in total. The van der Waals surface area contributed by atoms with E-state index in [1.807, 2.05) is 51.4 Å². The molecule has 0 saturated heterocycles. The van der Waals surface area contributed by atoms with E-state index in [1.165, 1.54) is 0 Å². The highest BCUT2D eigenvalue weighted by atomic mass is 16.3. The number of aliphatic hydroxyl groups excluding tert-OH is 1. The van der Waals surface area contributed by atoms with Crippen LogP contribution in [0.2, 0.25) is 0 Å². The zero-order chi connectivity index (χ0) is 13.1. The third-order valence-corrected chi connectivity index (χ3v) is 3.02. The summed E-state index contributed by atoms with van der Waals surface area (Å²) in [6, 6.07) is 9.64. The van der Waals surface area contributed by atoms with E-state index in [2.05, 4.69) is 4.90 Å². The molecule has 1 aromatic carbocycles. The third-order valence-electron chi connectivity index (χ3n) is 3.02. The monoisotopic (exact) mass is 245 g/mol. The minimum atomic E-state index is -0.626. The van der Waals surface area contributed by atoms with E-state index in [1.54, 1.807) is 6.26 Å². The largest absolute Gasteiger partial charge is 0.469 e. The predicted molar refractivity (Wildman–Crippen MR) is 71.3 cm³/mol. The standard InChI is InChI=1S/C15H19NO2/c1-11-13(9-16(2)3)14(10-18-11)15(17)12-7-5-4-6-8-12/h4-8,10,15,17H,9H2,1-3H3. The zero-order valence-electron chi connectivity index (χ0n) is 11.1. The lowest BCUT2D eigenvalue weighted by atomic mass is 9.99. The van der Waals surface area contributed by atoms with Gasteiger partial charge in [0.15, 0.2) is 0 Å².